The molecule has 1 aliphatic rings. The third-order valence-corrected chi connectivity index (χ3v) is 3.75. The first kappa shape index (κ1) is 15.0. The van der Waals surface area contributed by atoms with Crippen molar-refractivity contribution in [3.05, 3.63) is 29.8 Å². The number of hydrogen-bond donors (Lipinski definition) is 2. The maximum Gasteiger partial charge on any atom is 0.224 e. The van der Waals surface area contributed by atoms with Crippen molar-refractivity contribution in [3.8, 4) is 0 Å². The molecule has 110 valence electrons. The highest BCUT2D eigenvalue weighted by Crippen LogP contribution is 2.33. The van der Waals surface area contributed by atoms with Crippen LogP contribution in [0, 0.1) is 5.92 Å². The molecule has 0 saturated heterocycles. The Labute approximate surface area is 120 Å². The molecule has 1 atom stereocenters. The summed E-state index contributed by atoms with van der Waals surface area (Å²) in [4.78, 5) is 12.0. The highest BCUT2D eigenvalue weighted by atomic mass is 16.5. The summed E-state index contributed by atoms with van der Waals surface area (Å²) >= 11 is 0. The molecule has 0 aromatic heterocycles. The minimum atomic E-state index is -0.586. The van der Waals surface area contributed by atoms with Gasteiger partial charge >= 0.3 is 0 Å². The van der Waals surface area contributed by atoms with Crippen molar-refractivity contribution in [2.45, 2.75) is 45.3 Å². The van der Waals surface area contributed by atoms with Crippen LogP contribution in [0.1, 0.15) is 44.8 Å². The molecule has 0 radical (unpaired) electrons. The smallest absolute Gasteiger partial charge is 0.224 e. The Kier molecular flexibility index (Phi) is 5.15. The molecule has 0 aliphatic heterocycles. The Morgan fingerprint density at radius 1 is 1.45 bits per heavy atom. The van der Waals surface area contributed by atoms with E-state index in [1.54, 1.807) is 6.92 Å². The number of aliphatic hydroxyl groups is 1. The van der Waals surface area contributed by atoms with E-state index in [1.165, 1.54) is 0 Å². The van der Waals surface area contributed by atoms with Crippen LogP contribution in [-0.4, -0.2) is 23.7 Å². The molecule has 1 amide bonds. The first-order valence-electron chi connectivity index (χ1n) is 7.28. The van der Waals surface area contributed by atoms with Crippen LogP contribution in [0.4, 0.5) is 5.69 Å². The summed E-state index contributed by atoms with van der Waals surface area (Å²) in [5.74, 6) is 0.434. The molecule has 1 aliphatic carbocycles. The molecular weight excluding hydrogens is 254 g/mol. The van der Waals surface area contributed by atoms with Gasteiger partial charge in [-0.1, -0.05) is 18.2 Å². The predicted molar refractivity (Wildman–Crippen MR) is 78.5 cm³/mol. The molecule has 4 heteroatoms. The molecular formula is C16H23NO3. The second-order valence-electron chi connectivity index (χ2n) is 5.43. The lowest BCUT2D eigenvalue weighted by Gasteiger charge is -2.34. The maximum atomic E-state index is 12.0. The number of ether oxygens (including phenoxy) is 1. The van der Waals surface area contributed by atoms with Gasteiger partial charge in [0, 0.05) is 24.3 Å². The number of anilines is 1. The quantitative estimate of drug-likeness (QED) is 0.840. The van der Waals surface area contributed by atoms with Crippen molar-refractivity contribution in [1.82, 2.24) is 0 Å². The summed E-state index contributed by atoms with van der Waals surface area (Å²) in [6.45, 7) is 4.43. The standard InChI is InChI=1S/C16H23NO3/c1-3-20-13-8-12(9-13)10-16(19)17-15-7-5-4-6-14(15)11(2)18/h4-7,11-13,18H,3,8-10H2,1-2H3,(H,17,19). The summed E-state index contributed by atoms with van der Waals surface area (Å²) in [5, 5.41) is 12.6. The summed E-state index contributed by atoms with van der Waals surface area (Å²) in [6, 6.07) is 7.37. The van der Waals surface area contributed by atoms with Gasteiger partial charge in [-0.2, -0.15) is 0 Å². The molecule has 1 saturated carbocycles. The van der Waals surface area contributed by atoms with Gasteiger partial charge in [0.1, 0.15) is 0 Å². The Balaban J connectivity index is 1.84. The van der Waals surface area contributed by atoms with E-state index in [9.17, 15) is 9.90 Å². The monoisotopic (exact) mass is 277 g/mol. The minimum absolute atomic E-state index is 0.0121. The fraction of sp³-hybridized carbons (Fsp3) is 0.562. The topological polar surface area (TPSA) is 58.6 Å². The third kappa shape index (κ3) is 3.81. The van der Waals surface area contributed by atoms with Crippen molar-refractivity contribution in [2.24, 2.45) is 5.92 Å². The molecule has 1 aromatic carbocycles. The van der Waals surface area contributed by atoms with Crippen molar-refractivity contribution >= 4 is 11.6 Å². The number of nitrogens with one attached hydrogen (secondary N) is 1. The molecule has 0 bridgehead atoms. The van der Waals surface area contributed by atoms with E-state index in [-0.39, 0.29) is 5.91 Å². The van der Waals surface area contributed by atoms with E-state index in [1.807, 2.05) is 31.2 Å². The van der Waals surface area contributed by atoms with Gasteiger partial charge in [0.05, 0.1) is 12.2 Å². The summed E-state index contributed by atoms with van der Waals surface area (Å²) in [6.07, 6.45) is 2.22. The largest absolute Gasteiger partial charge is 0.389 e. The zero-order valence-electron chi connectivity index (χ0n) is 12.1. The van der Waals surface area contributed by atoms with E-state index >= 15 is 0 Å². The Morgan fingerprint density at radius 3 is 2.80 bits per heavy atom. The summed E-state index contributed by atoms with van der Waals surface area (Å²) in [7, 11) is 0. The average Bonchev–Trinajstić information content (AvgIpc) is 2.36. The van der Waals surface area contributed by atoms with Gasteiger partial charge in [0.2, 0.25) is 5.91 Å². The Hall–Kier alpha value is -1.39. The van der Waals surface area contributed by atoms with E-state index in [0.717, 1.165) is 25.0 Å². The highest BCUT2D eigenvalue weighted by Gasteiger charge is 2.31. The number of rotatable bonds is 6. The highest BCUT2D eigenvalue weighted by molar-refractivity contribution is 5.91. The SMILES string of the molecule is CCOC1CC(CC(=O)Nc2ccccc2C(C)O)C1. The fourth-order valence-electron chi connectivity index (χ4n) is 2.65. The predicted octanol–water partition coefficient (Wildman–Crippen LogP) is 2.88. The van der Waals surface area contributed by atoms with Crippen molar-refractivity contribution in [3.63, 3.8) is 0 Å². The maximum absolute atomic E-state index is 12.0. The van der Waals surface area contributed by atoms with Crippen molar-refractivity contribution in [1.29, 1.82) is 0 Å². The summed E-state index contributed by atoms with van der Waals surface area (Å²) < 4.78 is 5.49. The molecule has 2 N–H and O–H groups in total. The fourth-order valence-corrected chi connectivity index (χ4v) is 2.65. The van der Waals surface area contributed by atoms with Gasteiger partial charge in [-0.25, -0.2) is 0 Å². The van der Waals surface area contributed by atoms with Gasteiger partial charge in [0.25, 0.3) is 0 Å². The minimum Gasteiger partial charge on any atom is -0.389 e. The van der Waals surface area contributed by atoms with Crippen LogP contribution in [0.2, 0.25) is 0 Å². The average molecular weight is 277 g/mol. The molecule has 4 nitrogen and oxygen atoms in total. The summed E-state index contributed by atoms with van der Waals surface area (Å²) in [5.41, 5.74) is 1.45. The molecule has 2 rings (SSSR count). The zero-order valence-corrected chi connectivity index (χ0v) is 12.1. The van der Waals surface area contributed by atoms with E-state index < -0.39 is 6.10 Å². The second-order valence-corrected chi connectivity index (χ2v) is 5.43. The van der Waals surface area contributed by atoms with E-state index in [2.05, 4.69) is 5.32 Å². The molecule has 1 fully saturated rings. The Bertz CT molecular complexity index is 453. The van der Waals surface area contributed by atoms with Crippen LogP contribution >= 0.6 is 0 Å². The first-order valence-corrected chi connectivity index (χ1v) is 7.28. The molecule has 1 unspecified atom stereocenters. The lowest BCUT2D eigenvalue weighted by molar-refractivity contribution is -0.119. The second kappa shape index (κ2) is 6.86. The van der Waals surface area contributed by atoms with Crippen LogP contribution < -0.4 is 5.32 Å². The van der Waals surface area contributed by atoms with Gasteiger partial charge < -0.3 is 15.2 Å². The van der Waals surface area contributed by atoms with Gasteiger partial charge in [-0.05, 0) is 38.7 Å². The van der Waals surface area contributed by atoms with Crippen LogP contribution in [0.5, 0.6) is 0 Å². The molecule has 1 aromatic rings. The normalized spacial score (nSPS) is 22.9. The van der Waals surface area contributed by atoms with Crippen LogP contribution in [0.15, 0.2) is 24.3 Å². The Morgan fingerprint density at radius 2 is 2.15 bits per heavy atom. The van der Waals surface area contributed by atoms with Crippen LogP contribution in [-0.2, 0) is 9.53 Å². The van der Waals surface area contributed by atoms with E-state index in [0.29, 0.717) is 24.1 Å². The molecule has 0 heterocycles. The number of hydrogen-bond acceptors (Lipinski definition) is 3. The van der Waals surface area contributed by atoms with Gasteiger partial charge in [-0.3, -0.25) is 4.79 Å². The number of benzene rings is 1. The zero-order chi connectivity index (χ0) is 14.5. The number of para-hydroxylation sites is 1. The number of amides is 1. The van der Waals surface area contributed by atoms with E-state index in [4.69, 9.17) is 4.74 Å². The van der Waals surface area contributed by atoms with Crippen LogP contribution in [0.25, 0.3) is 0 Å². The molecule has 20 heavy (non-hydrogen) atoms. The number of carbonyl (C=O) groups is 1. The molecule has 0 spiro atoms. The lowest BCUT2D eigenvalue weighted by atomic mass is 9.80. The van der Waals surface area contributed by atoms with Gasteiger partial charge in [0.15, 0.2) is 0 Å². The van der Waals surface area contributed by atoms with Crippen LogP contribution in [0.3, 0.4) is 0 Å². The number of aliphatic hydroxyl groups excluding tert-OH is 1. The van der Waals surface area contributed by atoms with Gasteiger partial charge in [-0.15, -0.1) is 0 Å². The van der Waals surface area contributed by atoms with Crippen molar-refractivity contribution < 1.29 is 14.6 Å². The first-order chi connectivity index (χ1) is 9.60. The third-order valence-electron chi connectivity index (χ3n) is 3.75. The van der Waals surface area contributed by atoms with Crippen molar-refractivity contribution in [2.75, 3.05) is 11.9 Å². The lowest BCUT2D eigenvalue weighted by Crippen LogP contribution is -2.34. The number of carbonyl (C=O) groups excluding carboxylic acids is 1.